The summed E-state index contributed by atoms with van der Waals surface area (Å²) < 4.78 is 0. The first-order chi connectivity index (χ1) is 14.4. The quantitative estimate of drug-likeness (QED) is 0.678. The molecule has 1 aliphatic heterocycles. The van der Waals surface area contributed by atoms with E-state index in [0.717, 1.165) is 10.8 Å². The fourth-order valence-corrected chi connectivity index (χ4v) is 4.00. The van der Waals surface area contributed by atoms with Crippen LogP contribution in [0.15, 0.2) is 36.5 Å². The molecule has 30 heavy (non-hydrogen) atoms. The molecule has 0 unspecified atom stereocenters. The summed E-state index contributed by atoms with van der Waals surface area (Å²) in [5.74, 6) is 1.34. The van der Waals surface area contributed by atoms with Gasteiger partial charge < -0.3 is 10.2 Å². The summed E-state index contributed by atoms with van der Waals surface area (Å²) in [6.45, 7) is 6.24. The van der Waals surface area contributed by atoms with Gasteiger partial charge in [0.15, 0.2) is 5.82 Å². The number of carbonyl (C=O) groups excluding carboxylic acids is 2. The molecule has 3 aromatic rings. The molecule has 4 rings (SSSR count). The van der Waals surface area contributed by atoms with Gasteiger partial charge in [-0.3, -0.25) is 19.7 Å². The zero-order valence-corrected chi connectivity index (χ0v) is 17.4. The molecule has 8 heteroatoms. The molecule has 2 amide bonds. The van der Waals surface area contributed by atoms with Crippen molar-refractivity contribution in [2.45, 2.75) is 45.7 Å². The maximum absolute atomic E-state index is 13.5. The standard InChI is InChI=1S/C22H26N6O2/c1-13(2)10-19(29)25-16-11-18(21-24-14(3)26-27-21)28(12-16)22(30)20-17-7-5-4-6-15(17)8-9-23-20/h4-9,13,16,18H,10-12H2,1-3H3,(H,25,29)(H,24,26,27)/t16-,18-/m0/s1. The van der Waals surface area contributed by atoms with Crippen molar-refractivity contribution in [3.63, 3.8) is 0 Å². The number of carbonyl (C=O) groups is 2. The summed E-state index contributed by atoms with van der Waals surface area (Å²) in [7, 11) is 0. The Hall–Kier alpha value is -3.29. The van der Waals surface area contributed by atoms with E-state index in [-0.39, 0.29) is 29.8 Å². The number of nitrogens with zero attached hydrogens (tertiary/aromatic N) is 4. The lowest BCUT2D eigenvalue weighted by atomic mass is 10.1. The van der Waals surface area contributed by atoms with Gasteiger partial charge in [-0.25, -0.2) is 4.98 Å². The van der Waals surface area contributed by atoms with Crippen LogP contribution < -0.4 is 5.32 Å². The number of aryl methyl sites for hydroxylation is 1. The van der Waals surface area contributed by atoms with E-state index in [2.05, 4.69) is 25.5 Å². The number of rotatable bonds is 5. The largest absolute Gasteiger partial charge is 0.351 e. The average molecular weight is 406 g/mol. The normalized spacial score (nSPS) is 18.9. The van der Waals surface area contributed by atoms with Crippen molar-refractivity contribution >= 4 is 22.6 Å². The van der Waals surface area contributed by atoms with E-state index < -0.39 is 0 Å². The molecule has 3 heterocycles. The van der Waals surface area contributed by atoms with Crippen molar-refractivity contribution in [3.05, 3.63) is 53.9 Å². The highest BCUT2D eigenvalue weighted by Gasteiger charge is 2.40. The lowest BCUT2D eigenvalue weighted by Crippen LogP contribution is -2.39. The smallest absolute Gasteiger partial charge is 0.273 e. The molecular formula is C22H26N6O2. The summed E-state index contributed by atoms with van der Waals surface area (Å²) in [5, 5.41) is 12.0. The minimum Gasteiger partial charge on any atom is -0.351 e. The van der Waals surface area contributed by atoms with Gasteiger partial charge in [0.25, 0.3) is 5.91 Å². The zero-order chi connectivity index (χ0) is 21.3. The number of hydrogen-bond acceptors (Lipinski definition) is 5. The number of pyridine rings is 1. The Morgan fingerprint density at radius 2 is 2.07 bits per heavy atom. The summed E-state index contributed by atoms with van der Waals surface area (Å²) in [5.41, 5.74) is 0.402. The van der Waals surface area contributed by atoms with Gasteiger partial charge in [-0.05, 0) is 30.7 Å². The van der Waals surface area contributed by atoms with Gasteiger partial charge in [-0.2, -0.15) is 5.10 Å². The SMILES string of the molecule is Cc1nc([C@@H]2C[C@H](NC(=O)CC(C)C)CN2C(=O)c2nccc3ccccc23)n[nH]1. The van der Waals surface area contributed by atoms with Crippen molar-refractivity contribution in [1.82, 2.24) is 30.4 Å². The fourth-order valence-electron chi connectivity index (χ4n) is 4.00. The van der Waals surface area contributed by atoms with Crippen LogP contribution >= 0.6 is 0 Å². The molecule has 1 saturated heterocycles. The zero-order valence-electron chi connectivity index (χ0n) is 17.4. The van der Waals surface area contributed by atoms with Crippen LogP contribution in [0.3, 0.4) is 0 Å². The third-order valence-electron chi connectivity index (χ3n) is 5.31. The fraction of sp³-hybridized carbons (Fsp3) is 0.409. The van der Waals surface area contributed by atoms with E-state index in [4.69, 9.17) is 0 Å². The van der Waals surface area contributed by atoms with E-state index in [1.54, 1.807) is 11.1 Å². The molecule has 156 valence electrons. The third kappa shape index (κ3) is 4.03. The highest BCUT2D eigenvalue weighted by atomic mass is 16.2. The number of aromatic nitrogens is 4. The second-order valence-corrected chi connectivity index (χ2v) is 8.23. The van der Waals surface area contributed by atoms with Crippen LogP contribution in [0.5, 0.6) is 0 Å². The Morgan fingerprint density at radius 3 is 2.80 bits per heavy atom. The summed E-state index contributed by atoms with van der Waals surface area (Å²) in [6.07, 6.45) is 2.68. The predicted octanol–water partition coefficient (Wildman–Crippen LogP) is 2.78. The molecule has 1 fully saturated rings. The van der Waals surface area contributed by atoms with Gasteiger partial charge in [-0.1, -0.05) is 38.1 Å². The van der Waals surface area contributed by atoms with Crippen LogP contribution in [0.25, 0.3) is 10.8 Å². The van der Waals surface area contributed by atoms with Crippen LogP contribution in [-0.4, -0.2) is 49.5 Å². The molecule has 1 aromatic carbocycles. The molecule has 2 aromatic heterocycles. The average Bonchev–Trinajstić information content (AvgIpc) is 3.32. The van der Waals surface area contributed by atoms with Crippen LogP contribution in [0, 0.1) is 12.8 Å². The Bertz CT molecular complexity index is 1070. The maximum Gasteiger partial charge on any atom is 0.273 e. The molecule has 0 radical (unpaired) electrons. The van der Waals surface area contributed by atoms with Crippen LogP contribution in [-0.2, 0) is 4.79 Å². The first kappa shape index (κ1) is 20.0. The van der Waals surface area contributed by atoms with E-state index >= 15 is 0 Å². The highest BCUT2D eigenvalue weighted by molar-refractivity contribution is 6.05. The minimum absolute atomic E-state index is 0.00231. The maximum atomic E-state index is 13.5. The topological polar surface area (TPSA) is 104 Å². The van der Waals surface area contributed by atoms with Crippen molar-refractivity contribution in [1.29, 1.82) is 0 Å². The second kappa shape index (κ2) is 8.22. The van der Waals surface area contributed by atoms with Crippen molar-refractivity contribution in [2.24, 2.45) is 5.92 Å². The number of likely N-dealkylation sites (tertiary alicyclic amines) is 1. The second-order valence-electron chi connectivity index (χ2n) is 8.23. The lowest BCUT2D eigenvalue weighted by molar-refractivity contribution is -0.122. The van der Waals surface area contributed by atoms with Crippen molar-refractivity contribution in [2.75, 3.05) is 6.54 Å². The van der Waals surface area contributed by atoms with E-state index in [0.29, 0.717) is 36.7 Å². The summed E-state index contributed by atoms with van der Waals surface area (Å²) in [6, 6.07) is 9.11. The highest BCUT2D eigenvalue weighted by Crippen LogP contribution is 2.32. The Kier molecular flexibility index (Phi) is 5.48. The van der Waals surface area contributed by atoms with Gasteiger partial charge >= 0.3 is 0 Å². The molecule has 8 nitrogen and oxygen atoms in total. The summed E-state index contributed by atoms with van der Waals surface area (Å²) >= 11 is 0. The van der Waals surface area contributed by atoms with Gasteiger partial charge in [0.05, 0.1) is 6.04 Å². The van der Waals surface area contributed by atoms with E-state index in [1.165, 1.54) is 0 Å². The molecule has 1 aliphatic rings. The van der Waals surface area contributed by atoms with Crippen molar-refractivity contribution in [3.8, 4) is 0 Å². The van der Waals surface area contributed by atoms with Crippen molar-refractivity contribution < 1.29 is 9.59 Å². The predicted molar refractivity (Wildman–Crippen MR) is 113 cm³/mol. The molecule has 2 atom stereocenters. The number of amides is 2. The van der Waals surface area contributed by atoms with Gasteiger partial charge in [-0.15, -0.1) is 0 Å². The molecule has 2 N–H and O–H groups in total. The number of nitrogens with one attached hydrogen (secondary N) is 2. The Morgan fingerprint density at radius 1 is 1.27 bits per heavy atom. The lowest BCUT2D eigenvalue weighted by Gasteiger charge is -2.22. The van der Waals surface area contributed by atoms with E-state index in [9.17, 15) is 9.59 Å². The number of hydrogen-bond donors (Lipinski definition) is 2. The van der Waals surface area contributed by atoms with Crippen LogP contribution in [0.2, 0.25) is 0 Å². The Balaban J connectivity index is 1.64. The monoisotopic (exact) mass is 406 g/mol. The van der Waals surface area contributed by atoms with Gasteiger partial charge in [0.1, 0.15) is 11.5 Å². The first-order valence-electron chi connectivity index (χ1n) is 10.3. The molecule has 0 spiro atoms. The molecule has 0 aliphatic carbocycles. The number of H-pyrrole nitrogens is 1. The number of fused-ring (bicyclic) bond motifs is 1. The molecule has 0 saturated carbocycles. The molecule has 0 bridgehead atoms. The van der Waals surface area contributed by atoms with Gasteiger partial charge in [0.2, 0.25) is 5.91 Å². The third-order valence-corrected chi connectivity index (χ3v) is 5.31. The number of aromatic amines is 1. The Labute approximate surface area is 175 Å². The first-order valence-corrected chi connectivity index (χ1v) is 10.3. The van der Waals surface area contributed by atoms with Crippen LogP contribution in [0.1, 0.15) is 54.9 Å². The van der Waals surface area contributed by atoms with Gasteiger partial charge in [0, 0.05) is 30.6 Å². The molecular weight excluding hydrogens is 380 g/mol. The van der Waals surface area contributed by atoms with Crippen LogP contribution in [0.4, 0.5) is 0 Å². The minimum atomic E-state index is -0.326. The van der Waals surface area contributed by atoms with E-state index in [1.807, 2.05) is 51.1 Å². The summed E-state index contributed by atoms with van der Waals surface area (Å²) in [4.78, 5) is 36.4. The number of benzene rings is 1.